The van der Waals surface area contributed by atoms with Crippen LogP contribution in [0.15, 0.2) is 17.2 Å². The van der Waals surface area contributed by atoms with Crippen molar-refractivity contribution in [2.45, 2.75) is 71.5 Å². The number of rotatable bonds is 5. The van der Waals surface area contributed by atoms with Crippen molar-refractivity contribution in [3.8, 4) is 0 Å². The Bertz CT molecular complexity index is 1030. The summed E-state index contributed by atoms with van der Waals surface area (Å²) in [6.45, 7) is 5.90. The molecule has 0 unspecified atom stereocenters. The highest BCUT2D eigenvalue weighted by Crippen LogP contribution is 2.30. The molecule has 2 aliphatic heterocycles. The van der Waals surface area contributed by atoms with Crippen molar-refractivity contribution in [1.82, 2.24) is 29.5 Å². The number of hydrogen-bond donors (Lipinski definition) is 1. The first kappa shape index (κ1) is 21.3. The number of amides is 2. The lowest BCUT2D eigenvalue weighted by Crippen LogP contribution is -2.42. The average molecular weight is 427 g/mol. The maximum absolute atomic E-state index is 13.0. The molecule has 2 amide bonds. The zero-order valence-corrected chi connectivity index (χ0v) is 18.3. The van der Waals surface area contributed by atoms with Crippen LogP contribution < -0.4 is 5.56 Å². The lowest BCUT2D eigenvalue weighted by Gasteiger charge is -2.36. The Balaban J connectivity index is 1.54. The van der Waals surface area contributed by atoms with E-state index in [1.807, 2.05) is 24.9 Å². The fourth-order valence-electron chi connectivity index (χ4n) is 4.51. The smallest absolute Gasteiger partial charge is 0.254 e. The molecule has 0 spiro atoms. The van der Waals surface area contributed by atoms with Crippen LogP contribution in [-0.2, 0) is 29.1 Å². The predicted molar refractivity (Wildman–Crippen MR) is 114 cm³/mol. The molecule has 1 N–H and O–H groups in total. The first-order chi connectivity index (χ1) is 15.0. The fraction of sp³-hybridized carbons (Fsp3) is 0.591. The first-order valence-electron chi connectivity index (χ1n) is 11.1. The van der Waals surface area contributed by atoms with Gasteiger partial charge in [-0.2, -0.15) is 5.10 Å². The predicted octanol–water partition coefficient (Wildman–Crippen LogP) is 1.71. The Kier molecular flexibility index (Phi) is 6.20. The van der Waals surface area contributed by atoms with E-state index in [1.54, 1.807) is 15.8 Å². The summed E-state index contributed by atoms with van der Waals surface area (Å²) in [6, 6.07) is -0.240. The van der Waals surface area contributed by atoms with E-state index in [1.165, 1.54) is 0 Å². The summed E-state index contributed by atoms with van der Waals surface area (Å²) < 4.78 is 1.78. The molecule has 0 saturated carbocycles. The standard InChI is InChI=1S/C22H30N6O3/c1-3-19(29)26-10-7-16-17(14-26)24-21(25-22(16)31)18-6-4-5-9-28(18)20(30)8-11-27-13-15(2)12-23-27/h12-13,18H,3-11,14H2,1-2H3,(H,24,25,31)/t18-/m1/s1. The van der Waals surface area contributed by atoms with Crippen LogP contribution in [0.2, 0.25) is 0 Å². The molecule has 0 aliphatic carbocycles. The summed E-state index contributed by atoms with van der Waals surface area (Å²) in [4.78, 5) is 49.2. The monoisotopic (exact) mass is 426 g/mol. The van der Waals surface area contributed by atoms with Crippen LogP contribution in [0.5, 0.6) is 0 Å². The van der Waals surface area contributed by atoms with E-state index < -0.39 is 0 Å². The Labute approximate surface area is 181 Å². The SMILES string of the molecule is CCC(=O)N1CCc2c(nc([C@H]3CCCCN3C(=O)CCn3cc(C)cn3)[nH]c2=O)C1. The third-order valence-corrected chi connectivity index (χ3v) is 6.20. The minimum atomic E-state index is -0.240. The zero-order chi connectivity index (χ0) is 22.0. The van der Waals surface area contributed by atoms with Gasteiger partial charge < -0.3 is 14.8 Å². The van der Waals surface area contributed by atoms with Gasteiger partial charge >= 0.3 is 0 Å². The third-order valence-electron chi connectivity index (χ3n) is 6.20. The fourth-order valence-corrected chi connectivity index (χ4v) is 4.51. The molecule has 1 fully saturated rings. The highest BCUT2D eigenvalue weighted by molar-refractivity contribution is 5.77. The van der Waals surface area contributed by atoms with Gasteiger partial charge in [0.25, 0.3) is 5.56 Å². The van der Waals surface area contributed by atoms with Crippen molar-refractivity contribution < 1.29 is 9.59 Å². The molecule has 0 radical (unpaired) electrons. The van der Waals surface area contributed by atoms with E-state index >= 15 is 0 Å². The van der Waals surface area contributed by atoms with Gasteiger partial charge in [-0.25, -0.2) is 4.98 Å². The Morgan fingerprint density at radius 3 is 2.81 bits per heavy atom. The summed E-state index contributed by atoms with van der Waals surface area (Å²) in [7, 11) is 0. The quantitative estimate of drug-likeness (QED) is 0.784. The minimum absolute atomic E-state index is 0.0426. The summed E-state index contributed by atoms with van der Waals surface area (Å²) in [5.41, 5.74) is 2.24. The van der Waals surface area contributed by atoms with Crippen LogP contribution in [0.1, 0.15) is 67.7 Å². The molecule has 2 aromatic heterocycles. The third kappa shape index (κ3) is 4.55. The van der Waals surface area contributed by atoms with Crippen LogP contribution in [0, 0.1) is 6.92 Å². The minimum Gasteiger partial charge on any atom is -0.336 e. The molecule has 1 saturated heterocycles. The number of nitrogens with one attached hydrogen (secondary N) is 1. The zero-order valence-electron chi connectivity index (χ0n) is 18.3. The number of nitrogens with zero attached hydrogens (tertiary/aromatic N) is 5. The summed E-state index contributed by atoms with van der Waals surface area (Å²) >= 11 is 0. The van der Waals surface area contributed by atoms with Gasteiger partial charge in [-0.1, -0.05) is 6.92 Å². The summed E-state index contributed by atoms with van der Waals surface area (Å²) in [5.74, 6) is 0.649. The van der Waals surface area contributed by atoms with Crippen LogP contribution in [-0.4, -0.2) is 54.5 Å². The van der Waals surface area contributed by atoms with Crippen LogP contribution in [0.25, 0.3) is 0 Å². The second-order valence-corrected chi connectivity index (χ2v) is 8.42. The molecule has 166 valence electrons. The van der Waals surface area contributed by atoms with Crippen LogP contribution in [0.3, 0.4) is 0 Å². The number of aromatic nitrogens is 4. The molecule has 0 bridgehead atoms. The van der Waals surface area contributed by atoms with E-state index in [2.05, 4.69) is 10.1 Å². The van der Waals surface area contributed by atoms with E-state index in [4.69, 9.17) is 4.98 Å². The van der Waals surface area contributed by atoms with Crippen LogP contribution >= 0.6 is 0 Å². The highest BCUT2D eigenvalue weighted by Gasteiger charge is 2.31. The highest BCUT2D eigenvalue weighted by atomic mass is 16.2. The summed E-state index contributed by atoms with van der Waals surface area (Å²) in [5, 5.41) is 4.25. The molecule has 31 heavy (non-hydrogen) atoms. The normalized spacial score (nSPS) is 18.7. The molecule has 9 nitrogen and oxygen atoms in total. The molecule has 4 heterocycles. The number of aromatic amines is 1. The second kappa shape index (κ2) is 9.03. The van der Waals surface area contributed by atoms with E-state index in [9.17, 15) is 14.4 Å². The van der Waals surface area contributed by atoms with Crippen molar-refractivity contribution in [3.63, 3.8) is 0 Å². The van der Waals surface area contributed by atoms with Gasteiger partial charge in [-0.3, -0.25) is 19.1 Å². The van der Waals surface area contributed by atoms with E-state index in [-0.39, 0.29) is 23.4 Å². The molecule has 9 heteroatoms. The van der Waals surface area contributed by atoms with Gasteiger partial charge in [0.1, 0.15) is 5.82 Å². The second-order valence-electron chi connectivity index (χ2n) is 8.42. The Hall–Kier alpha value is -2.97. The number of likely N-dealkylation sites (tertiary alicyclic amines) is 1. The maximum atomic E-state index is 13.0. The van der Waals surface area contributed by atoms with Gasteiger partial charge in [0.2, 0.25) is 11.8 Å². The van der Waals surface area contributed by atoms with Crippen molar-refractivity contribution in [3.05, 3.63) is 45.4 Å². The largest absolute Gasteiger partial charge is 0.336 e. The number of fused-ring (bicyclic) bond motifs is 1. The van der Waals surface area contributed by atoms with E-state index in [0.29, 0.717) is 62.5 Å². The molecular formula is C22H30N6O3. The lowest BCUT2D eigenvalue weighted by atomic mass is 9.99. The number of H-pyrrole nitrogens is 1. The number of hydrogen-bond acceptors (Lipinski definition) is 5. The van der Waals surface area contributed by atoms with Gasteiger partial charge in [-0.15, -0.1) is 0 Å². The Morgan fingerprint density at radius 2 is 2.06 bits per heavy atom. The van der Waals surface area contributed by atoms with Crippen molar-refractivity contribution in [2.24, 2.45) is 0 Å². The maximum Gasteiger partial charge on any atom is 0.254 e. The number of aryl methyl sites for hydroxylation is 2. The topological polar surface area (TPSA) is 104 Å². The van der Waals surface area contributed by atoms with Gasteiger partial charge in [0.15, 0.2) is 0 Å². The first-order valence-corrected chi connectivity index (χ1v) is 11.1. The average Bonchev–Trinajstić information content (AvgIpc) is 3.21. The molecular weight excluding hydrogens is 396 g/mol. The molecule has 0 aromatic carbocycles. The number of carbonyl (C=O) groups is 2. The van der Waals surface area contributed by atoms with E-state index in [0.717, 1.165) is 24.8 Å². The number of carbonyl (C=O) groups excluding carboxylic acids is 2. The molecule has 2 aromatic rings. The molecule has 2 aliphatic rings. The Morgan fingerprint density at radius 1 is 1.23 bits per heavy atom. The van der Waals surface area contributed by atoms with Gasteiger partial charge in [0, 0.05) is 44.2 Å². The lowest BCUT2D eigenvalue weighted by molar-refractivity contribution is -0.135. The van der Waals surface area contributed by atoms with Crippen LogP contribution in [0.4, 0.5) is 0 Å². The van der Waals surface area contributed by atoms with Crippen molar-refractivity contribution in [2.75, 3.05) is 13.1 Å². The molecule has 1 atom stereocenters. The van der Waals surface area contributed by atoms with Crippen molar-refractivity contribution >= 4 is 11.8 Å². The summed E-state index contributed by atoms with van der Waals surface area (Å²) in [6.07, 6.45) is 7.70. The van der Waals surface area contributed by atoms with Crippen molar-refractivity contribution in [1.29, 1.82) is 0 Å². The van der Waals surface area contributed by atoms with Gasteiger partial charge in [-0.05, 0) is 38.2 Å². The molecule has 4 rings (SSSR count). The number of piperidine rings is 1. The van der Waals surface area contributed by atoms with Gasteiger partial charge in [0.05, 0.1) is 24.5 Å².